The molecule has 1 unspecified atom stereocenters. The lowest BCUT2D eigenvalue weighted by atomic mass is 10.0. The summed E-state index contributed by atoms with van der Waals surface area (Å²) in [5, 5.41) is 2.48. The van der Waals surface area contributed by atoms with Crippen molar-refractivity contribution in [3.8, 4) is 5.75 Å². The van der Waals surface area contributed by atoms with Gasteiger partial charge in [-0.2, -0.15) is 13.2 Å². The van der Waals surface area contributed by atoms with Gasteiger partial charge in [0, 0.05) is 20.3 Å². The van der Waals surface area contributed by atoms with Crippen molar-refractivity contribution >= 4 is 11.9 Å². The Kier molecular flexibility index (Phi) is 5.75. The van der Waals surface area contributed by atoms with Crippen LogP contribution in [0.1, 0.15) is 38.3 Å². The lowest BCUT2D eigenvalue weighted by molar-refractivity contribution is -0.138. The molecule has 4 nitrogen and oxygen atoms in total. The molecule has 0 aliphatic heterocycles. The first kappa shape index (κ1) is 17.0. The van der Waals surface area contributed by atoms with Crippen LogP contribution in [0.15, 0.2) is 24.3 Å². The molecule has 0 bridgehead atoms. The summed E-state index contributed by atoms with van der Waals surface area (Å²) in [5.41, 5.74) is 0.519. The first-order valence-corrected chi connectivity index (χ1v) is 6.29. The zero-order valence-electron chi connectivity index (χ0n) is 11.7. The molecule has 0 spiro atoms. The number of nitrogens with one attached hydrogen (secondary N) is 1. The minimum Gasteiger partial charge on any atom is -0.427 e. The zero-order chi connectivity index (χ0) is 16.0. The van der Waals surface area contributed by atoms with Crippen LogP contribution in [0.4, 0.5) is 13.2 Å². The van der Waals surface area contributed by atoms with Crippen LogP contribution in [-0.4, -0.2) is 18.1 Å². The summed E-state index contributed by atoms with van der Waals surface area (Å²) in [6, 6.07) is 5.25. The molecule has 0 aliphatic rings. The third-order valence-electron chi connectivity index (χ3n) is 2.64. The van der Waals surface area contributed by atoms with Crippen molar-refractivity contribution in [2.75, 3.05) is 0 Å². The van der Waals surface area contributed by atoms with Gasteiger partial charge in [-0.1, -0.05) is 12.1 Å². The molecule has 21 heavy (non-hydrogen) atoms. The molecule has 1 rings (SSSR count). The Morgan fingerprint density at radius 3 is 2.19 bits per heavy atom. The van der Waals surface area contributed by atoms with E-state index in [2.05, 4.69) is 5.32 Å². The van der Waals surface area contributed by atoms with E-state index in [1.807, 2.05) is 0 Å². The Labute approximate surface area is 120 Å². The van der Waals surface area contributed by atoms with Gasteiger partial charge in [-0.15, -0.1) is 0 Å². The number of hydrogen-bond donors (Lipinski definition) is 1. The summed E-state index contributed by atoms with van der Waals surface area (Å²) in [4.78, 5) is 21.9. The molecule has 1 N–H and O–H groups in total. The normalized spacial score (nSPS) is 12.6. The minimum absolute atomic E-state index is 0.254. The van der Waals surface area contributed by atoms with Crippen LogP contribution in [0.3, 0.4) is 0 Å². The molecule has 0 radical (unpaired) electrons. The highest BCUT2D eigenvalue weighted by atomic mass is 19.4. The molecular weight excluding hydrogens is 287 g/mol. The van der Waals surface area contributed by atoms with E-state index in [0.717, 1.165) is 0 Å². The van der Waals surface area contributed by atoms with Crippen molar-refractivity contribution in [1.29, 1.82) is 0 Å². The van der Waals surface area contributed by atoms with E-state index in [1.54, 1.807) is 0 Å². The van der Waals surface area contributed by atoms with Crippen LogP contribution in [0.5, 0.6) is 5.75 Å². The molecule has 1 amide bonds. The maximum Gasteiger partial charge on any atom is 0.389 e. The minimum atomic E-state index is -4.28. The summed E-state index contributed by atoms with van der Waals surface area (Å²) in [7, 11) is 0. The van der Waals surface area contributed by atoms with Crippen LogP contribution in [0, 0.1) is 0 Å². The van der Waals surface area contributed by atoms with Gasteiger partial charge >= 0.3 is 12.1 Å². The molecular formula is C14H16F3NO3. The Morgan fingerprint density at radius 1 is 1.19 bits per heavy atom. The number of amides is 1. The summed E-state index contributed by atoms with van der Waals surface area (Å²) < 4.78 is 41.8. The maximum atomic E-state index is 12.3. The van der Waals surface area contributed by atoms with Crippen molar-refractivity contribution in [3.63, 3.8) is 0 Å². The predicted octanol–water partition coefficient (Wildman–Crippen LogP) is 3.13. The van der Waals surface area contributed by atoms with Crippen molar-refractivity contribution in [1.82, 2.24) is 5.32 Å². The third-order valence-corrected chi connectivity index (χ3v) is 2.64. The lowest BCUT2D eigenvalue weighted by Gasteiger charge is -2.19. The maximum absolute atomic E-state index is 12.3. The predicted molar refractivity (Wildman–Crippen MR) is 69.6 cm³/mol. The van der Waals surface area contributed by atoms with Gasteiger partial charge in [0.15, 0.2) is 0 Å². The fourth-order valence-electron chi connectivity index (χ4n) is 1.81. The molecule has 0 aliphatic carbocycles. The monoisotopic (exact) mass is 303 g/mol. The molecule has 116 valence electrons. The van der Waals surface area contributed by atoms with Gasteiger partial charge < -0.3 is 10.1 Å². The number of benzene rings is 1. The van der Waals surface area contributed by atoms with Gasteiger partial charge in [-0.25, -0.2) is 0 Å². The number of halogens is 3. The zero-order valence-corrected chi connectivity index (χ0v) is 11.7. The fourth-order valence-corrected chi connectivity index (χ4v) is 1.81. The molecule has 1 atom stereocenters. The molecule has 1 aromatic carbocycles. The van der Waals surface area contributed by atoms with E-state index in [4.69, 9.17) is 4.74 Å². The van der Waals surface area contributed by atoms with E-state index in [1.165, 1.54) is 38.1 Å². The SMILES string of the molecule is CC(=O)NC(CCC(F)(F)F)c1ccc(OC(C)=O)cc1. The van der Waals surface area contributed by atoms with Crippen LogP contribution >= 0.6 is 0 Å². The van der Waals surface area contributed by atoms with E-state index in [-0.39, 0.29) is 6.42 Å². The van der Waals surface area contributed by atoms with Gasteiger partial charge in [0.05, 0.1) is 6.04 Å². The van der Waals surface area contributed by atoms with E-state index < -0.39 is 30.5 Å². The van der Waals surface area contributed by atoms with E-state index >= 15 is 0 Å². The van der Waals surface area contributed by atoms with E-state index in [9.17, 15) is 22.8 Å². The number of alkyl halides is 3. The smallest absolute Gasteiger partial charge is 0.389 e. The number of ether oxygens (including phenoxy) is 1. The van der Waals surface area contributed by atoms with Crippen LogP contribution in [0.25, 0.3) is 0 Å². The molecule has 0 saturated carbocycles. The van der Waals surface area contributed by atoms with Crippen molar-refractivity contribution < 1.29 is 27.5 Å². The van der Waals surface area contributed by atoms with Gasteiger partial charge in [0.1, 0.15) is 5.75 Å². The highest BCUT2D eigenvalue weighted by Gasteiger charge is 2.29. The topological polar surface area (TPSA) is 55.4 Å². The number of hydrogen-bond acceptors (Lipinski definition) is 3. The highest BCUT2D eigenvalue weighted by Crippen LogP contribution is 2.28. The Morgan fingerprint density at radius 2 is 1.76 bits per heavy atom. The van der Waals surface area contributed by atoms with Crippen LogP contribution < -0.4 is 10.1 Å². The second-order valence-electron chi connectivity index (χ2n) is 4.57. The van der Waals surface area contributed by atoms with Gasteiger partial charge in [-0.05, 0) is 24.1 Å². The summed E-state index contributed by atoms with van der Waals surface area (Å²) in [6.07, 6.45) is -5.53. The average Bonchev–Trinajstić information content (AvgIpc) is 2.33. The lowest BCUT2D eigenvalue weighted by Crippen LogP contribution is -2.27. The number of carbonyl (C=O) groups excluding carboxylic acids is 2. The molecule has 0 saturated heterocycles. The fraction of sp³-hybridized carbons (Fsp3) is 0.429. The van der Waals surface area contributed by atoms with Crippen molar-refractivity contribution in [3.05, 3.63) is 29.8 Å². The van der Waals surface area contributed by atoms with Gasteiger partial charge in [0.25, 0.3) is 0 Å². The Balaban J connectivity index is 2.82. The summed E-state index contributed by atoms with van der Waals surface area (Å²) in [5.74, 6) is -0.604. The van der Waals surface area contributed by atoms with Crippen molar-refractivity contribution in [2.45, 2.75) is 38.9 Å². The van der Waals surface area contributed by atoms with Gasteiger partial charge in [-0.3, -0.25) is 9.59 Å². The summed E-state index contributed by atoms with van der Waals surface area (Å²) in [6.45, 7) is 2.49. The molecule has 0 aromatic heterocycles. The first-order valence-electron chi connectivity index (χ1n) is 6.29. The first-order chi connectivity index (χ1) is 9.67. The Bertz CT molecular complexity index is 497. The molecule has 1 aromatic rings. The van der Waals surface area contributed by atoms with E-state index in [0.29, 0.717) is 11.3 Å². The Hall–Kier alpha value is -2.05. The average molecular weight is 303 g/mol. The number of carbonyl (C=O) groups is 2. The van der Waals surface area contributed by atoms with Crippen molar-refractivity contribution in [2.24, 2.45) is 0 Å². The quantitative estimate of drug-likeness (QED) is 0.671. The van der Waals surface area contributed by atoms with Gasteiger partial charge in [0.2, 0.25) is 5.91 Å². The molecule has 0 fully saturated rings. The highest BCUT2D eigenvalue weighted by molar-refractivity contribution is 5.73. The summed E-state index contributed by atoms with van der Waals surface area (Å²) >= 11 is 0. The van der Waals surface area contributed by atoms with Crippen LogP contribution in [-0.2, 0) is 9.59 Å². The third kappa shape index (κ3) is 6.78. The largest absolute Gasteiger partial charge is 0.427 e. The number of esters is 1. The number of rotatable bonds is 5. The van der Waals surface area contributed by atoms with Crippen LogP contribution in [0.2, 0.25) is 0 Å². The molecule has 0 heterocycles. The molecule has 7 heteroatoms. The second-order valence-corrected chi connectivity index (χ2v) is 4.57. The standard InChI is InChI=1S/C14H16F3NO3/c1-9(19)18-13(7-8-14(15,16)17)11-3-5-12(6-4-11)21-10(2)20/h3-6,13H,7-8H2,1-2H3,(H,18,19). The second kappa shape index (κ2) is 7.10.